The van der Waals surface area contributed by atoms with Crippen molar-refractivity contribution in [3.05, 3.63) is 88.9 Å². The zero-order chi connectivity index (χ0) is 23.3. The molecule has 0 bridgehead atoms. The van der Waals surface area contributed by atoms with E-state index in [1.54, 1.807) is 31.4 Å². The summed E-state index contributed by atoms with van der Waals surface area (Å²) in [6.07, 6.45) is 0. The predicted octanol–water partition coefficient (Wildman–Crippen LogP) is 4.73. The third-order valence-corrected chi connectivity index (χ3v) is 7.03. The van der Waals surface area contributed by atoms with Crippen LogP contribution in [0.5, 0.6) is 5.75 Å². The van der Waals surface area contributed by atoms with Gasteiger partial charge in [-0.25, -0.2) is 8.42 Å². The molecule has 0 saturated carbocycles. The summed E-state index contributed by atoms with van der Waals surface area (Å²) in [6.45, 7) is 3.34. The average molecular weight is 473 g/mol. The van der Waals surface area contributed by atoms with Gasteiger partial charge in [-0.1, -0.05) is 47.5 Å². The smallest absolute Gasteiger partial charge is 0.264 e. The van der Waals surface area contributed by atoms with Crippen LogP contribution < -0.4 is 14.4 Å². The monoisotopic (exact) mass is 472 g/mol. The zero-order valence-corrected chi connectivity index (χ0v) is 19.7. The zero-order valence-electron chi connectivity index (χ0n) is 18.1. The number of para-hydroxylation sites is 1. The van der Waals surface area contributed by atoms with Crippen LogP contribution in [0.4, 0.5) is 5.69 Å². The van der Waals surface area contributed by atoms with Gasteiger partial charge < -0.3 is 10.1 Å². The number of hydrogen-bond acceptors (Lipinski definition) is 4. The molecule has 3 aromatic rings. The lowest BCUT2D eigenvalue weighted by Gasteiger charge is -2.25. The molecule has 3 rings (SSSR count). The van der Waals surface area contributed by atoms with Crippen molar-refractivity contribution in [2.45, 2.75) is 24.8 Å². The van der Waals surface area contributed by atoms with Gasteiger partial charge in [-0.3, -0.25) is 9.10 Å². The quantitative estimate of drug-likeness (QED) is 0.514. The van der Waals surface area contributed by atoms with E-state index in [0.717, 1.165) is 15.4 Å². The van der Waals surface area contributed by atoms with Crippen LogP contribution >= 0.6 is 11.6 Å². The van der Waals surface area contributed by atoms with E-state index in [1.165, 1.54) is 24.3 Å². The Morgan fingerprint density at radius 1 is 1.03 bits per heavy atom. The molecule has 0 heterocycles. The number of benzene rings is 3. The van der Waals surface area contributed by atoms with Crippen LogP contribution in [-0.2, 0) is 14.8 Å². The van der Waals surface area contributed by atoms with Gasteiger partial charge in [0.2, 0.25) is 5.91 Å². The number of methoxy groups -OCH3 is 1. The maximum atomic E-state index is 13.4. The van der Waals surface area contributed by atoms with Gasteiger partial charge in [-0.15, -0.1) is 0 Å². The fourth-order valence-electron chi connectivity index (χ4n) is 3.28. The van der Waals surface area contributed by atoms with E-state index in [9.17, 15) is 13.2 Å². The lowest BCUT2D eigenvalue weighted by Crippen LogP contribution is -2.41. The molecule has 1 N–H and O–H groups in total. The number of anilines is 1. The molecular formula is C24H25ClN2O4S. The molecule has 0 spiro atoms. The lowest BCUT2D eigenvalue weighted by molar-refractivity contribution is -0.120. The third kappa shape index (κ3) is 5.41. The molecule has 0 radical (unpaired) electrons. The number of halogens is 1. The second kappa shape index (κ2) is 10.1. The van der Waals surface area contributed by atoms with Crippen LogP contribution in [0.1, 0.15) is 24.1 Å². The van der Waals surface area contributed by atoms with E-state index < -0.39 is 15.9 Å². The molecule has 0 aliphatic carbocycles. The van der Waals surface area contributed by atoms with Crippen molar-refractivity contribution in [3.63, 3.8) is 0 Å². The number of hydrogen-bond donors (Lipinski definition) is 1. The van der Waals surface area contributed by atoms with Gasteiger partial charge in [0.25, 0.3) is 10.0 Å². The minimum absolute atomic E-state index is 0.0491. The third-order valence-electron chi connectivity index (χ3n) is 4.99. The molecule has 1 atom stereocenters. The topological polar surface area (TPSA) is 75.7 Å². The molecule has 0 aliphatic heterocycles. The molecule has 0 saturated heterocycles. The van der Waals surface area contributed by atoms with E-state index in [2.05, 4.69) is 5.32 Å². The highest BCUT2D eigenvalue weighted by molar-refractivity contribution is 7.92. The van der Waals surface area contributed by atoms with E-state index in [4.69, 9.17) is 16.3 Å². The Hall–Kier alpha value is -3.03. The van der Waals surface area contributed by atoms with Crippen molar-refractivity contribution < 1.29 is 17.9 Å². The number of aryl methyl sites for hydroxylation is 1. The van der Waals surface area contributed by atoms with Gasteiger partial charge in [-0.2, -0.15) is 0 Å². The summed E-state index contributed by atoms with van der Waals surface area (Å²) in [7, 11) is -2.44. The van der Waals surface area contributed by atoms with Crippen molar-refractivity contribution in [2.24, 2.45) is 0 Å². The number of nitrogens with zero attached hydrogens (tertiary/aromatic N) is 1. The summed E-state index contributed by atoms with van der Waals surface area (Å²) in [4.78, 5) is 13.0. The maximum absolute atomic E-state index is 13.4. The first kappa shape index (κ1) is 23.6. The van der Waals surface area contributed by atoms with Gasteiger partial charge >= 0.3 is 0 Å². The minimum atomic E-state index is -4.00. The van der Waals surface area contributed by atoms with E-state index in [0.29, 0.717) is 16.5 Å². The molecule has 0 aromatic heterocycles. The average Bonchev–Trinajstić information content (AvgIpc) is 2.78. The fraction of sp³-hybridized carbons (Fsp3) is 0.208. The highest BCUT2D eigenvalue weighted by atomic mass is 35.5. The van der Waals surface area contributed by atoms with Crippen molar-refractivity contribution >= 4 is 33.2 Å². The van der Waals surface area contributed by atoms with E-state index >= 15 is 0 Å². The Morgan fingerprint density at radius 2 is 1.66 bits per heavy atom. The fourth-order valence-corrected chi connectivity index (χ4v) is 4.83. The first-order valence-corrected chi connectivity index (χ1v) is 11.8. The first-order chi connectivity index (χ1) is 15.2. The Bertz CT molecular complexity index is 1180. The molecule has 3 aromatic carbocycles. The van der Waals surface area contributed by atoms with Gasteiger partial charge in [0, 0.05) is 10.6 Å². The first-order valence-electron chi connectivity index (χ1n) is 9.99. The lowest BCUT2D eigenvalue weighted by atomic mass is 10.1. The minimum Gasteiger partial charge on any atom is -0.496 e. The van der Waals surface area contributed by atoms with Crippen molar-refractivity contribution in [3.8, 4) is 5.75 Å². The number of sulfonamides is 1. The van der Waals surface area contributed by atoms with Gasteiger partial charge in [0.15, 0.2) is 0 Å². The molecule has 0 aliphatic rings. The Kier molecular flexibility index (Phi) is 7.43. The van der Waals surface area contributed by atoms with Crippen LogP contribution in [0.25, 0.3) is 0 Å². The Morgan fingerprint density at radius 3 is 2.28 bits per heavy atom. The second-order valence-electron chi connectivity index (χ2n) is 7.33. The van der Waals surface area contributed by atoms with Crippen LogP contribution in [0.3, 0.4) is 0 Å². The summed E-state index contributed by atoms with van der Waals surface area (Å²) >= 11 is 5.92. The Balaban J connectivity index is 1.89. The normalized spacial score (nSPS) is 12.1. The molecule has 0 fully saturated rings. The highest BCUT2D eigenvalue weighted by Crippen LogP contribution is 2.27. The molecule has 168 valence electrons. The highest BCUT2D eigenvalue weighted by Gasteiger charge is 2.28. The van der Waals surface area contributed by atoms with Crippen molar-refractivity contribution in [1.29, 1.82) is 0 Å². The molecule has 32 heavy (non-hydrogen) atoms. The summed E-state index contributed by atoms with van der Waals surface area (Å²) in [5, 5.41) is 3.29. The number of amides is 1. The van der Waals surface area contributed by atoms with Crippen molar-refractivity contribution in [1.82, 2.24) is 5.32 Å². The number of rotatable bonds is 8. The predicted molar refractivity (Wildman–Crippen MR) is 127 cm³/mol. The standard InChI is InChI=1S/C24H25ClN2O4S/c1-17-8-12-20(13-9-17)27(32(29,30)21-14-10-19(25)11-15-21)16-24(28)26-18(2)22-6-4-5-7-23(22)31-3/h4-15,18H,16H2,1-3H3,(H,26,28). The number of carbonyl (C=O) groups excluding carboxylic acids is 1. The van der Waals surface area contributed by atoms with E-state index in [1.807, 2.05) is 38.1 Å². The number of ether oxygens (including phenoxy) is 1. The molecule has 6 nitrogen and oxygen atoms in total. The van der Waals surface area contributed by atoms with Crippen LogP contribution in [0, 0.1) is 6.92 Å². The summed E-state index contributed by atoms with van der Waals surface area (Å²) in [5.74, 6) is 0.200. The van der Waals surface area contributed by atoms with Crippen LogP contribution in [0.15, 0.2) is 77.7 Å². The SMILES string of the molecule is COc1ccccc1C(C)NC(=O)CN(c1ccc(C)cc1)S(=O)(=O)c1ccc(Cl)cc1. The number of nitrogens with one attached hydrogen (secondary N) is 1. The van der Waals surface area contributed by atoms with E-state index in [-0.39, 0.29) is 17.5 Å². The van der Waals surface area contributed by atoms with Gasteiger partial charge in [0.05, 0.1) is 23.7 Å². The van der Waals surface area contributed by atoms with Crippen LogP contribution in [0.2, 0.25) is 5.02 Å². The molecule has 1 unspecified atom stereocenters. The summed E-state index contributed by atoms with van der Waals surface area (Å²) in [6, 6.07) is 19.8. The Labute approximate surface area is 193 Å². The summed E-state index contributed by atoms with van der Waals surface area (Å²) in [5.41, 5.74) is 2.17. The van der Waals surface area contributed by atoms with Crippen LogP contribution in [-0.4, -0.2) is 28.0 Å². The molecule has 1 amide bonds. The largest absolute Gasteiger partial charge is 0.496 e. The van der Waals surface area contributed by atoms with Crippen molar-refractivity contribution in [2.75, 3.05) is 18.0 Å². The second-order valence-corrected chi connectivity index (χ2v) is 9.63. The number of carbonyl (C=O) groups is 1. The summed E-state index contributed by atoms with van der Waals surface area (Å²) < 4.78 is 33.3. The molecule has 8 heteroatoms. The maximum Gasteiger partial charge on any atom is 0.264 e. The van der Waals surface area contributed by atoms with Gasteiger partial charge in [-0.05, 0) is 56.3 Å². The molecular weight excluding hydrogens is 448 g/mol. The van der Waals surface area contributed by atoms with Gasteiger partial charge in [0.1, 0.15) is 12.3 Å².